The molecule has 0 bridgehead atoms. The summed E-state index contributed by atoms with van der Waals surface area (Å²) in [7, 11) is 0. The fourth-order valence-corrected chi connectivity index (χ4v) is 3.67. The van der Waals surface area contributed by atoms with E-state index >= 15 is 0 Å². The molecule has 1 unspecified atom stereocenters. The Labute approximate surface area is 194 Å². The quantitative estimate of drug-likeness (QED) is 0.506. The van der Waals surface area contributed by atoms with E-state index in [1.165, 1.54) is 0 Å². The molecule has 0 saturated carbocycles. The lowest BCUT2D eigenvalue weighted by atomic mass is 9.95. The Hall–Kier alpha value is -3.50. The van der Waals surface area contributed by atoms with Gasteiger partial charge in [0.25, 0.3) is 0 Å². The second-order valence-electron chi connectivity index (χ2n) is 9.09. The molecule has 1 saturated heterocycles. The number of benzene rings is 1. The maximum atomic E-state index is 12.7. The number of halogens is 3. The maximum absolute atomic E-state index is 12.7. The van der Waals surface area contributed by atoms with Crippen molar-refractivity contribution in [2.75, 3.05) is 13.1 Å². The molecule has 2 aromatic heterocycles. The molecule has 0 radical (unpaired) electrons. The van der Waals surface area contributed by atoms with Gasteiger partial charge in [-0.25, -0.2) is 9.78 Å². The summed E-state index contributed by atoms with van der Waals surface area (Å²) in [4.78, 5) is 26.6. The number of nitrogens with zero attached hydrogens (tertiary/aromatic N) is 5. The molecule has 4 rings (SSSR count). The zero-order valence-electron chi connectivity index (χ0n) is 19.0. The van der Waals surface area contributed by atoms with Gasteiger partial charge in [-0.2, -0.15) is 18.2 Å². The molecule has 1 atom stereocenters. The van der Waals surface area contributed by atoms with Crippen LogP contribution in [0.15, 0.2) is 41.2 Å². The lowest BCUT2D eigenvalue weighted by molar-refractivity contribution is -0.159. The van der Waals surface area contributed by atoms with Crippen LogP contribution >= 0.6 is 0 Å². The fourth-order valence-electron chi connectivity index (χ4n) is 3.67. The molecule has 0 aliphatic carbocycles. The Balaban J connectivity index is 1.49. The Morgan fingerprint density at radius 2 is 1.79 bits per heavy atom. The molecule has 180 valence electrons. The largest absolute Gasteiger partial charge is 0.471 e. The maximum Gasteiger partial charge on any atom is 0.471 e. The summed E-state index contributed by atoms with van der Waals surface area (Å²) in [6, 6.07) is 6.61. The zero-order chi connectivity index (χ0) is 24.5. The first-order valence-corrected chi connectivity index (χ1v) is 10.8. The predicted octanol–water partition coefficient (Wildman–Crippen LogP) is 5.33. The summed E-state index contributed by atoms with van der Waals surface area (Å²) >= 11 is 0. The number of ether oxygens (including phenoxy) is 1. The third kappa shape index (κ3) is 5.52. The fraction of sp³-hybridized carbons (Fsp3) is 0.435. The minimum Gasteiger partial charge on any atom is -0.444 e. The van der Waals surface area contributed by atoms with E-state index in [0.717, 1.165) is 24.1 Å². The molecule has 1 aromatic carbocycles. The second kappa shape index (κ2) is 9.03. The monoisotopic (exact) mass is 475 g/mol. The van der Waals surface area contributed by atoms with Crippen LogP contribution < -0.4 is 0 Å². The molecule has 8 nitrogen and oxygen atoms in total. The number of piperidine rings is 1. The second-order valence-corrected chi connectivity index (χ2v) is 9.09. The number of aromatic nitrogens is 4. The molecular weight excluding hydrogens is 451 g/mol. The number of alkyl halides is 3. The van der Waals surface area contributed by atoms with Crippen molar-refractivity contribution in [3.63, 3.8) is 0 Å². The number of carbonyl (C=O) groups is 1. The summed E-state index contributed by atoms with van der Waals surface area (Å²) in [6.45, 7) is 6.62. The van der Waals surface area contributed by atoms with Crippen molar-refractivity contribution < 1.29 is 27.2 Å². The normalized spacial score (nSPS) is 17.0. The SMILES string of the molecule is CC(C)(C)OC(=O)N1CCCC(c2cncc(-c3ccc(-c4noc(C(F)(F)F)n4)cc3)n2)C1. The van der Waals surface area contributed by atoms with Gasteiger partial charge in [0, 0.05) is 36.3 Å². The minimum absolute atomic E-state index is 0.0214. The van der Waals surface area contributed by atoms with E-state index in [-0.39, 0.29) is 17.8 Å². The Morgan fingerprint density at radius 1 is 1.09 bits per heavy atom. The summed E-state index contributed by atoms with van der Waals surface area (Å²) in [6.07, 6.45) is -0.0287. The van der Waals surface area contributed by atoms with Gasteiger partial charge in [0.2, 0.25) is 5.82 Å². The Kier molecular flexibility index (Phi) is 6.28. The Bertz CT molecular complexity index is 1160. The van der Waals surface area contributed by atoms with Crippen molar-refractivity contribution in [2.24, 2.45) is 0 Å². The minimum atomic E-state index is -4.70. The summed E-state index contributed by atoms with van der Waals surface area (Å²) in [5.41, 5.74) is 1.93. The summed E-state index contributed by atoms with van der Waals surface area (Å²) in [5, 5.41) is 3.40. The summed E-state index contributed by atoms with van der Waals surface area (Å²) in [5.74, 6) is -1.52. The standard InChI is InChI=1S/C23H24F3N5O3/c1-22(2,3)33-21(32)31-10-4-5-16(13-31)18-12-27-11-17(28-18)14-6-8-15(9-7-14)19-29-20(34-30-19)23(24,25)26/h6-9,11-12,16H,4-5,10,13H2,1-3H3. The van der Waals surface area contributed by atoms with Crippen LogP contribution in [0.2, 0.25) is 0 Å². The average molecular weight is 475 g/mol. The first-order valence-electron chi connectivity index (χ1n) is 10.8. The third-order valence-corrected chi connectivity index (χ3v) is 5.25. The van der Waals surface area contributed by atoms with Gasteiger partial charge in [-0.3, -0.25) is 4.98 Å². The van der Waals surface area contributed by atoms with Crippen molar-refractivity contribution in [2.45, 2.75) is 51.3 Å². The molecule has 11 heteroatoms. The lowest BCUT2D eigenvalue weighted by Gasteiger charge is -2.33. The van der Waals surface area contributed by atoms with Crippen LogP contribution in [0.1, 0.15) is 51.1 Å². The Morgan fingerprint density at radius 3 is 2.44 bits per heavy atom. The number of hydrogen-bond donors (Lipinski definition) is 0. The van der Waals surface area contributed by atoms with Crippen LogP contribution in [0.25, 0.3) is 22.6 Å². The van der Waals surface area contributed by atoms with Gasteiger partial charge in [0.05, 0.1) is 17.6 Å². The van der Waals surface area contributed by atoms with E-state index in [1.54, 1.807) is 41.6 Å². The highest BCUT2D eigenvalue weighted by atomic mass is 19.4. The highest BCUT2D eigenvalue weighted by Gasteiger charge is 2.38. The van der Waals surface area contributed by atoms with Gasteiger partial charge < -0.3 is 14.2 Å². The van der Waals surface area contributed by atoms with Gasteiger partial charge in [-0.05, 0) is 33.6 Å². The molecular formula is C23H24F3N5O3. The first kappa shape index (κ1) is 23.7. The first-order chi connectivity index (χ1) is 16.0. The van der Waals surface area contributed by atoms with E-state index in [9.17, 15) is 18.0 Å². The van der Waals surface area contributed by atoms with Crippen LogP contribution in [-0.2, 0) is 10.9 Å². The van der Waals surface area contributed by atoms with Crippen LogP contribution in [-0.4, -0.2) is 49.8 Å². The number of hydrogen-bond acceptors (Lipinski definition) is 7. The van der Waals surface area contributed by atoms with Gasteiger partial charge in [-0.1, -0.05) is 29.4 Å². The van der Waals surface area contributed by atoms with E-state index in [4.69, 9.17) is 9.72 Å². The van der Waals surface area contributed by atoms with Crippen LogP contribution in [0.5, 0.6) is 0 Å². The van der Waals surface area contributed by atoms with Crippen molar-refractivity contribution in [1.29, 1.82) is 0 Å². The third-order valence-electron chi connectivity index (χ3n) is 5.25. The van der Waals surface area contributed by atoms with Crippen molar-refractivity contribution >= 4 is 6.09 Å². The van der Waals surface area contributed by atoms with Gasteiger partial charge in [0.15, 0.2) is 0 Å². The van der Waals surface area contributed by atoms with E-state index < -0.39 is 17.7 Å². The van der Waals surface area contributed by atoms with E-state index in [1.807, 2.05) is 20.8 Å². The predicted molar refractivity (Wildman–Crippen MR) is 116 cm³/mol. The number of rotatable bonds is 3. The molecule has 1 fully saturated rings. The lowest BCUT2D eigenvalue weighted by Crippen LogP contribution is -2.42. The molecule has 34 heavy (non-hydrogen) atoms. The highest BCUT2D eigenvalue weighted by molar-refractivity contribution is 5.68. The molecule has 3 heterocycles. The topological polar surface area (TPSA) is 94.2 Å². The molecule has 3 aromatic rings. The molecule has 1 aliphatic rings. The number of likely N-dealkylation sites (tertiary alicyclic amines) is 1. The average Bonchev–Trinajstić information content (AvgIpc) is 3.29. The number of carbonyl (C=O) groups excluding carboxylic acids is 1. The van der Waals surface area contributed by atoms with Crippen molar-refractivity contribution in [3.8, 4) is 22.6 Å². The van der Waals surface area contributed by atoms with Crippen LogP contribution in [0.3, 0.4) is 0 Å². The molecule has 1 aliphatic heterocycles. The molecule has 0 N–H and O–H groups in total. The molecule has 0 spiro atoms. The van der Waals surface area contributed by atoms with Crippen molar-refractivity contribution in [1.82, 2.24) is 25.0 Å². The van der Waals surface area contributed by atoms with E-state index in [2.05, 4.69) is 19.6 Å². The highest BCUT2D eigenvalue weighted by Crippen LogP contribution is 2.31. The molecule has 1 amide bonds. The van der Waals surface area contributed by atoms with Gasteiger partial charge >= 0.3 is 18.2 Å². The van der Waals surface area contributed by atoms with Crippen LogP contribution in [0.4, 0.5) is 18.0 Å². The summed E-state index contributed by atoms with van der Waals surface area (Å²) < 4.78 is 47.9. The van der Waals surface area contributed by atoms with Gasteiger partial charge in [0.1, 0.15) is 5.60 Å². The van der Waals surface area contributed by atoms with Crippen LogP contribution in [0, 0.1) is 0 Å². The van der Waals surface area contributed by atoms with Gasteiger partial charge in [-0.15, -0.1) is 0 Å². The zero-order valence-corrected chi connectivity index (χ0v) is 19.0. The smallest absolute Gasteiger partial charge is 0.444 e. The number of amides is 1. The van der Waals surface area contributed by atoms with Crippen molar-refractivity contribution in [3.05, 3.63) is 48.2 Å². The van der Waals surface area contributed by atoms with E-state index in [0.29, 0.717) is 24.3 Å².